The number of cyclic esters (lactones) is 1. The number of benzene rings is 2. The molecule has 2 aliphatic heterocycles. The number of ether oxygens (including phenoxy) is 1. The van der Waals surface area contributed by atoms with Crippen LogP contribution in [0.25, 0.3) is 10.8 Å². The van der Waals surface area contributed by atoms with E-state index in [4.69, 9.17) is 4.74 Å². The van der Waals surface area contributed by atoms with Crippen LogP contribution in [-0.2, 0) is 20.5 Å². The SMILES string of the molecule is CC(C)(C)n1cc(C#N)c2c1NC1=C(C(=O)OC1)C21C(=O)c2cccc3cccc1c23. The van der Waals surface area contributed by atoms with Crippen LogP contribution >= 0.6 is 0 Å². The molecule has 3 aliphatic rings. The van der Waals surface area contributed by atoms with Gasteiger partial charge in [-0.05, 0) is 37.1 Å². The van der Waals surface area contributed by atoms with E-state index in [2.05, 4.69) is 11.4 Å². The van der Waals surface area contributed by atoms with Crippen molar-refractivity contribution in [1.29, 1.82) is 5.26 Å². The number of carbonyl (C=O) groups is 2. The van der Waals surface area contributed by atoms with Crippen molar-refractivity contribution in [2.45, 2.75) is 31.7 Å². The minimum absolute atomic E-state index is 0.0756. The summed E-state index contributed by atoms with van der Waals surface area (Å²) in [5, 5.41) is 15.2. The maximum absolute atomic E-state index is 14.2. The van der Waals surface area contributed by atoms with Crippen molar-refractivity contribution in [1.82, 2.24) is 4.57 Å². The van der Waals surface area contributed by atoms with Gasteiger partial charge in [-0.2, -0.15) is 5.26 Å². The topological polar surface area (TPSA) is 84.1 Å². The average molecular weight is 409 g/mol. The molecule has 6 rings (SSSR count). The van der Waals surface area contributed by atoms with E-state index in [0.717, 1.165) is 16.3 Å². The van der Waals surface area contributed by atoms with E-state index < -0.39 is 11.4 Å². The third-order valence-corrected chi connectivity index (χ3v) is 6.62. The molecule has 1 aromatic heterocycles. The number of anilines is 1. The summed E-state index contributed by atoms with van der Waals surface area (Å²) >= 11 is 0. The van der Waals surface area contributed by atoms with Crippen molar-refractivity contribution in [3.63, 3.8) is 0 Å². The molecule has 0 saturated carbocycles. The van der Waals surface area contributed by atoms with Crippen molar-refractivity contribution < 1.29 is 14.3 Å². The molecule has 0 radical (unpaired) electrons. The van der Waals surface area contributed by atoms with Crippen molar-refractivity contribution in [2.75, 3.05) is 11.9 Å². The molecule has 31 heavy (non-hydrogen) atoms. The molecule has 1 atom stereocenters. The molecule has 152 valence electrons. The lowest BCUT2D eigenvalue weighted by Gasteiger charge is -2.36. The molecular formula is C25H19N3O3. The summed E-state index contributed by atoms with van der Waals surface area (Å²) in [5.74, 6) is -0.0328. The standard InChI is InChI=1S/C25H19N3O3/c1-24(2,3)28-11-14(10-26)19-22(28)27-17-12-31-23(30)20(17)25(19)16-9-5-7-13-6-4-8-15(18(13)16)21(25)29/h4-9,11,27H,12H2,1-3H3. The van der Waals surface area contributed by atoms with Crippen LogP contribution in [0.3, 0.4) is 0 Å². The van der Waals surface area contributed by atoms with Gasteiger partial charge in [-0.1, -0.05) is 36.4 Å². The molecule has 1 N–H and O–H groups in total. The van der Waals surface area contributed by atoms with Crippen molar-refractivity contribution in [3.8, 4) is 6.07 Å². The van der Waals surface area contributed by atoms with E-state index in [1.807, 2.05) is 55.7 Å². The van der Waals surface area contributed by atoms with Gasteiger partial charge in [-0.15, -0.1) is 0 Å². The quantitative estimate of drug-likeness (QED) is 0.568. The van der Waals surface area contributed by atoms with Crippen molar-refractivity contribution >= 4 is 28.3 Å². The van der Waals surface area contributed by atoms with Gasteiger partial charge in [0.2, 0.25) is 0 Å². The van der Waals surface area contributed by atoms with Gasteiger partial charge in [0.25, 0.3) is 0 Å². The summed E-state index contributed by atoms with van der Waals surface area (Å²) in [4.78, 5) is 27.3. The Morgan fingerprint density at radius 2 is 1.90 bits per heavy atom. The van der Waals surface area contributed by atoms with E-state index in [9.17, 15) is 14.9 Å². The predicted octanol–water partition coefficient (Wildman–Crippen LogP) is 3.99. The third kappa shape index (κ3) is 1.92. The molecule has 6 heteroatoms. The number of carbonyl (C=O) groups excluding carboxylic acids is 2. The number of aromatic nitrogens is 1. The first-order chi connectivity index (χ1) is 14.8. The van der Waals surface area contributed by atoms with Crippen LogP contribution in [0.5, 0.6) is 0 Å². The molecule has 1 spiro atoms. The lowest BCUT2D eigenvalue weighted by Crippen LogP contribution is -2.42. The first kappa shape index (κ1) is 18.0. The summed E-state index contributed by atoms with van der Waals surface area (Å²) in [5.41, 5.74) is 1.37. The minimum atomic E-state index is -1.39. The zero-order valence-electron chi connectivity index (χ0n) is 17.4. The van der Waals surface area contributed by atoms with Gasteiger partial charge >= 0.3 is 5.97 Å². The Morgan fingerprint density at radius 1 is 1.16 bits per heavy atom. The third-order valence-electron chi connectivity index (χ3n) is 6.62. The van der Waals surface area contributed by atoms with Gasteiger partial charge < -0.3 is 14.6 Å². The number of fused-ring (bicyclic) bond motifs is 4. The molecule has 1 aliphatic carbocycles. The normalized spacial score (nSPS) is 21.2. The fraction of sp³-hybridized carbons (Fsp3) is 0.240. The Morgan fingerprint density at radius 3 is 2.61 bits per heavy atom. The molecular weight excluding hydrogens is 390 g/mol. The molecule has 0 amide bonds. The van der Waals surface area contributed by atoms with Crippen LogP contribution in [0, 0.1) is 11.3 Å². The van der Waals surface area contributed by atoms with Crippen LogP contribution in [0.1, 0.15) is 47.8 Å². The number of nitrogens with one attached hydrogen (secondary N) is 1. The van der Waals surface area contributed by atoms with E-state index in [0.29, 0.717) is 33.8 Å². The zero-order valence-corrected chi connectivity index (χ0v) is 17.4. The second kappa shape index (κ2) is 5.44. The first-order valence-electron chi connectivity index (χ1n) is 10.2. The monoisotopic (exact) mass is 409 g/mol. The van der Waals surface area contributed by atoms with Gasteiger partial charge in [0, 0.05) is 22.9 Å². The average Bonchev–Trinajstić information content (AvgIpc) is 3.38. The number of hydrogen-bond donors (Lipinski definition) is 1. The predicted molar refractivity (Wildman–Crippen MR) is 115 cm³/mol. The van der Waals surface area contributed by atoms with Gasteiger partial charge in [-0.25, -0.2) is 4.79 Å². The Bertz CT molecular complexity index is 1440. The lowest BCUT2D eigenvalue weighted by molar-refractivity contribution is -0.136. The van der Waals surface area contributed by atoms with Crippen LogP contribution in [0.2, 0.25) is 0 Å². The molecule has 0 saturated heterocycles. The van der Waals surface area contributed by atoms with E-state index in [-0.39, 0.29) is 17.9 Å². The number of ketones is 1. The van der Waals surface area contributed by atoms with Gasteiger partial charge in [-0.3, -0.25) is 4.79 Å². The van der Waals surface area contributed by atoms with Crippen LogP contribution < -0.4 is 5.32 Å². The Balaban J connectivity index is 1.84. The van der Waals surface area contributed by atoms with E-state index in [1.54, 1.807) is 12.3 Å². The fourth-order valence-electron chi connectivity index (χ4n) is 5.44. The second-order valence-electron chi connectivity index (χ2n) is 9.26. The highest BCUT2D eigenvalue weighted by atomic mass is 16.5. The summed E-state index contributed by atoms with van der Waals surface area (Å²) in [6, 6.07) is 13.7. The number of Topliss-reactive ketones (excluding diaryl/α,β-unsaturated/α-hetero) is 1. The summed E-state index contributed by atoms with van der Waals surface area (Å²) < 4.78 is 7.39. The van der Waals surface area contributed by atoms with Crippen LogP contribution in [0.4, 0.5) is 5.82 Å². The number of esters is 1. The number of nitrogens with zero attached hydrogens (tertiary/aromatic N) is 2. The van der Waals surface area contributed by atoms with Crippen molar-refractivity contribution in [3.05, 3.63) is 76.1 Å². The first-order valence-corrected chi connectivity index (χ1v) is 10.2. The lowest BCUT2D eigenvalue weighted by atomic mass is 9.66. The van der Waals surface area contributed by atoms with Gasteiger partial charge in [0.15, 0.2) is 5.78 Å². The zero-order chi connectivity index (χ0) is 21.7. The number of rotatable bonds is 0. The molecule has 3 heterocycles. The molecule has 1 unspecified atom stereocenters. The minimum Gasteiger partial charge on any atom is -0.456 e. The number of hydrogen-bond acceptors (Lipinski definition) is 5. The Labute approximate surface area is 178 Å². The molecule has 3 aromatic rings. The maximum Gasteiger partial charge on any atom is 0.338 e. The Hall–Kier alpha value is -3.85. The molecule has 2 aromatic carbocycles. The van der Waals surface area contributed by atoms with E-state index >= 15 is 0 Å². The summed E-state index contributed by atoms with van der Waals surface area (Å²) in [6.07, 6.45) is 1.78. The highest BCUT2D eigenvalue weighted by molar-refractivity contribution is 6.27. The van der Waals surface area contributed by atoms with Crippen molar-refractivity contribution in [2.24, 2.45) is 0 Å². The fourth-order valence-corrected chi connectivity index (χ4v) is 5.44. The maximum atomic E-state index is 14.2. The highest BCUT2D eigenvalue weighted by Gasteiger charge is 2.61. The second-order valence-corrected chi connectivity index (χ2v) is 9.26. The number of nitriles is 1. The molecule has 6 nitrogen and oxygen atoms in total. The van der Waals surface area contributed by atoms with Gasteiger partial charge in [0.05, 0.1) is 16.8 Å². The van der Waals surface area contributed by atoms with Gasteiger partial charge in [0.1, 0.15) is 23.9 Å². The molecule has 0 bridgehead atoms. The van der Waals surface area contributed by atoms with Crippen LogP contribution in [0.15, 0.2) is 53.9 Å². The summed E-state index contributed by atoms with van der Waals surface area (Å²) in [7, 11) is 0. The Kier molecular flexibility index (Phi) is 3.15. The van der Waals surface area contributed by atoms with E-state index in [1.165, 1.54) is 0 Å². The highest BCUT2D eigenvalue weighted by Crippen LogP contribution is 2.58. The summed E-state index contributed by atoms with van der Waals surface area (Å²) in [6.45, 7) is 6.19. The van der Waals surface area contributed by atoms with Crippen LogP contribution in [-0.4, -0.2) is 22.9 Å². The largest absolute Gasteiger partial charge is 0.456 e. The molecule has 0 fully saturated rings. The smallest absolute Gasteiger partial charge is 0.338 e.